The molecule has 0 aliphatic rings. The molecule has 0 radical (unpaired) electrons. The molecule has 2 aromatic carbocycles. The maximum Gasteiger partial charge on any atom is 0.490 e. The van der Waals surface area contributed by atoms with E-state index < -0.39 is 24.3 Å². The van der Waals surface area contributed by atoms with Gasteiger partial charge in [0.05, 0.1) is 17.1 Å². The zero-order valence-corrected chi connectivity index (χ0v) is 19.5. The Morgan fingerprint density at radius 3 is 1.95 bits per heavy atom. The molecule has 39 heavy (non-hydrogen) atoms. The van der Waals surface area contributed by atoms with Crippen molar-refractivity contribution in [3.8, 4) is 11.1 Å². The number of carboxylic acid groups (broad SMARTS) is 2. The van der Waals surface area contributed by atoms with Crippen molar-refractivity contribution in [2.75, 3.05) is 0 Å². The van der Waals surface area contributed by atoms with Gasteiger partial charge in [-0.3, -0.25) is 4.98 Å². The molecule has 0 amide bonds. The first kappa shape index (κ1) is 30.7. The fraction of sp³-hybridized carbons (Fsp3) is 0.167. The summed E-state index contributed by atoms with van der Waals surface area (Å²) in [7, 11) is 0. The summed E-state index contributed by atoms with van der Waals surface area (Å²) in [5, 5.41) is 14.2. The van der Waals surface area contributed by atoms with E-state index in [1.807, 2.05) is 30.3 Å². The molecule has 208 valence electrons. The third-order valence-electron chi connectivity index (χ3n) is 4.69. The van der Waals surface area contributed by atoms with Gasteiger partial charge < -0.3 is 20.9 Å². The van der Waals surface area contributed by atoms with Gasteiger partial charge in [0.1, 0.15) is 11.6 Å². The number of carbonyl (C=O) groups is 2. The van der Waals surface area contributed by atoms with Crippen molar-refractivity contribution >= 4 is 23.0 Å². The zero-order valence-electron chi connectivity index (χ0n) is 19.5. The van der Waals surface area contributed by atoms with Gasteiger partial charge in [-0.05, 0) is 59.5 Å². The van der Waals surface area contributed by atoms with E-state index in [-0.39, 0.29) is 11.9 Å². The van der Waals surface area contributed by atoms with Crippen molar-refractivity contribution in [3.63, 3.8) is 0 Å². The number of hydrogen-bond acceptors (Lipinski definition) is 5. The normalized spacial score (nSPS) is 12.0. The number of aromatic amines is 1. The molecule has 0 fully saturated rings. The third-order valence-corrected chi connectivity index (χ3v) is 4.69. The SMILES string of the molecule is N[C@H](Cc1cccc(F)c1)c1nc2ccc(-c3ccncc3)cc2[nH]1.O=C(O)C(F)(F)F.O=C(O)C(F)(F)F. The van der Waals surface area contributed by atoms with Gasteiger partial charge in [0.2, 0.25) is 0 Å². The summed E-state index contributed by atoms with van der Waals surface area (Å²) in [5.41, 5.74) is 11.1. The third kappa shape index (κ3) is 9.70. The van der Waals surface area contributed by atoms with Crippen LogP contribution in [-0.4, -0.2) is 49.5 Å². The fourth-order valence-corrected chi connectivity index (χ4v) is 2.94. The van der Waals surface area contributed by atoms with Crippen LogP contribution in [0.4, 0.5) is 30.7 Å². The van der Waals surface area contributed by atoms with Gasteiger partial charge in [-0.2, -0.15) is 26.3 Å². The first-order valence-electron chi connectivity index (χ1n) is 10.6. The molecule has 8 nitrogen and oxygen atoms in total. The number of nitrogens with zero attached hydrogens (tertiary/aromatic N) is 2. The second-order valence-corrected chi connectivity index (χ2v) is 7.64. The van der Waals surface area contributed by atoms with Crippen molar-refractivity contribution in [1.82, 2.24) is 15.0 Å². The zero-order chi connectivity index (χ0) is 29.4. The number of carboxylic acids is 2. The first-order valence-corrected chi connectivity index (χ1v) is 10.6. The average Bonchev–Trinajstić information content (AvgIpc) is 3.28. The summed E-state index contributed by atoms with van der Waals surface area (Å²) >= 11 is 0. The number of benzene rings is 2. The molecule has 15 heteroatoms. The predicted octanol–water partition coefficient (Wildman–Crippen LogP) is 5.27. The fourth-order valence-electron chi connectivity index (χ4n) is 2.94. The lowest BCUT2D eigenvalue weighted by molar-refractivity contribution is -0.193. The van der Waals surface area contributed by atoms with Crippen molar-refractivity contribution in [2.24, 2.45) is 5.73 Å². The van der Waals surface area contributed by atoms with E-state index in [2.05, 4.69) is 21.0 Å². The number of aliphatic carboxylic acids is 2. The van der Waals surface area contributed by atoms with Crippen LogP contribution in [0.2, 0.25) is 0 Å². The molecule has 2 heterocycles. The van der Waals surface area contributed by atoms with Crippen LogP contribution in [0.5, 0.6) is 0 Å². The van der Waals surface area contributed by atoms with Gasteiger partial charge in [0.25, 0.3) is 0 Å². The number of nitrogens with two attached hydrogens (primary N) is 1. The van der Waals surface area contributed by atoms with Crippen LogP contribution in [-0.2, 0) is 16.0 Å². The molecule has 4 rings (SSSR count). The largest absolute Gasteiger partial charge is 0.490 e. The Hall–Kier alpha value is -4.53. The van der Waals surface area contributed by atoms with Crippen molar-refractivity contribution in [1.29, 1.82) is 0 Å². The number of H-pyrrole nitrogens is 1. The molecule has 1 atom stereocenters. The minimum Gasteiger partial charge on any atom is -0.475 e. The standard InChI is InChI=1S/C20H17FN4.2C2HF3O2/c21-16-3-1-2-13(10-16)11-17(22)20-24-18-5-4-15(12-19(18)25-20)14-6-8-23-9-7-14;2*3-2(4,5)1(6)7/h1-10,12,17H,11,22H2,(H,24,25);2*(H,6,7)/t17-;;/m1../s1. The molecular weight excluding hydrogens is 541 g/mol. The van der Waals surface area contributed by atoms with Crippen molar-refractivity contribution in [2.45, 2.75) is 24.8 Å². The molecular formula is C24H19F7N4O4. The van der Waals surface area contributed by atoms with Gasteiger partial charge >= 0.3 is 24.3 Å². The van der Waals surface area contributed by atoms with Crippen molar-refractivity contribution in [3.05, 3.63) is 84.2 Å². The molecule has 0 unspecified atom stereocenters. The van der Waals surface area contributed by atoms with E-state index >= 15 is 0 Å². The second-order valence-electron chi connectivity index (χ2n) is 7.64. The number of aromatic nitrogens is 3. The Labute approximate surface area is 214 Å². The highest BCUT2D eigenvalue weighted by atomic mass is 19.4. The molecule has 0 bridgehead atoms. The minimum atomic E-state index is -5.08. The molecule has 5 N–H and O–H groups in total. The summed E-state index contributed by atoms with van der Waals surface area (Å²) in [6.07, 6.45) is -6.10. The van der Waals surface area contributed by atoms with Gasteiger partial charge in [0.15, 0.2) is 0 Å². The number of rotatable bonds is 4. The number of nitrogens with one attached hydrogen (secondary N) is 1. The molecule has 0 saturated carbocycles. The maximum absolute atomic E-state index is 13.3. The summed E-state index contributed by atoms with van der Waals surface area (Å²) in [6.45, 7) is 0. The molecule has 0 aliphatic heterocycles. The van der Waals surface area contributed by atoms with Crippen LogP contribution in [0.3, 0.4) is 0 Å². The van der Waals surface area contributed by atoms with Gasteiger partial charge in [-0.25, -0.2) is 19.0 Å². The Bertz CT molecular complexity index is 1380. The van der Waals surface area contributed by atoms with Crippen LogP contribution >= 0.6 is 0 Å². The second kappa shape index (κ2) is 12.8. The average molecular weight is 560 g/mol. The molecule has 2 aromatic heterocycles. The van der Waals surface area contributed by atoms with E-state index in [9.17, 15) is 30.7 Å². The Kier molecular flexibility index (Phi) is 10.1. The van der Waals surface area contributed by atoms with Gasteiger partial charge in [-0.1, -0.05) is 18.2 Å². The minimum absolute atomic E-state index is 0.253. The summed E-state index contributed by atoms with van der Waals surface area (Å²) in [4.78, 5) is 29.7. The number of hydrogen-bond donors (Lipinski definition) is 4. The van der Waals surface area contributed by atoms with Crippen LogP contribution in [0.25, 0.3) is 22.2 Å². The number of fused-ring (bicyclic) bond motifs is 1. The summed E-state index contributed by atoms with van der Waals surface area (Å²) in [6, 6.07) is 16.2. The molecule has 0 saturated heterocycles. The Morgan fingerprint density at radius 1 is 0.872 bits per heavy atom. The van der Waals surface area contributed by atoms with E-state index in [4.69, 9.17) is 25.5 Å². The maximum atomic E-state index is 13.3. The lowest BCUT2D eigenvalue weighted by atomic mass is 10.1. The van der Waals surface area contributed by atoms with E-state index in [1.54, 1.807) is 18.5 Å². The van der Waals surface area contributed by atoms with Crippen LogP contribution in [0.15, 0.2) is 67.0 Å². The van der Waals surface area contributed by atoms with Gasteiger partial charge in [-0.15, -0.1) is 0 Å². The van der Waals surface area contributed by atoms with Crippen LogP contribution in [0.1, 0.15) is 17.4 Å². The van der Waals surface area contributed by atoms with Crippen molar-refractivity contribution < 1.29 is 50.5 Å². The lowest BCUT2D eigenvalue weighted by Gasteiger charge is -2.08. The summed E-state index contributed by atoms with van der Waals surface area (Å²) < 4.78 is 76.8. The molecule has 0 spiro atoms. The van der Waals surface area contributed by atoms with E-state index in [0.29, 0.717) is 12.2 Å². The lowest BCUT2D eigenvalue weighted by Crippen LogP contribution is -2.21. The topological polar surface area (TPSA) is 142 Å². The molecule has 4 aromatic rings. The highest BCUT2D eigenvalue weighted by Crippen LogP contribution is 2.24. The number of alkyl halides is 6. The monoisotopic (exact) mass is 560 g/mol. The quantitative estimate of drug-likeness (QED) is 0.249. The summed E-state index contributed by atoms with van der Waals surface area (Å²) in [5.74, 6) is -5.07. The number of halogens is 7. The smallest absolute Gasteiger partial charge is 0.475 e. The van der Waals surface area contributed by atoms with E-state index in [1.165, 1.54) is 12.1 Å². The van der Waals surface area contributed by atoms with Gasteiger partial charge in [0, 0.05) is 12.4 Å². The van der Waals surface area contributed by atoms with Crippen LogP contribution in [0, 0.1) is 5.82 Å². The highest BCUT2D eigenvalue weighted by molar-refractivity contribution is 5.82. The first-order chi connectivity index (χ1) is 18.1. The van der Waals surface area contributed by atoms with Crippen LogP contribution < -0.4 is 5.73 Å². The predicted molar refractivity (Wildman–Crippen MR) is 124 cm³/mol. The Balaban J connectivity index is 0.000000317. The molecule has 0 aliphatic carbocycles. The number of imidazole rings is 1. The Morgan fingerprint density at radius 2 is 1.44 bits per heavy atom. The highest BCUT2D eigenvalue weighted by Gasteiger charge is 2.38. The number of pyridine rings is 1. The van der Waals surface area contributed by atoms with E-state index in [0.717, 1.165) is 27.7 Å².